The molecular formula is C15H16N4. The van der Waals surface area contributed by atoms with Crippen molar-refractivity contribution in [3.8, 4) is 11.8 Å². The van der Waals surface area contributed by atoms with Crippen LogP contribution in [0.4, 0.5) is 0 Å². The Morgan fingerprint density at radius 3 is 2.74 bits per heavy atom. The van der Waals surface area contributed by atoms with Crippen molar-refractivity contribution in [2.45, 2.75) is 39.0 Å². The molecule has 1 aromatic heterocycles. The lowest BCUT2D eigenvalue weighted by molar-refractivity contribution is 0.402. The maximum Gasteiger partial charge on any atom is 0.186 e. The van der Waals surface area contributed by atoms with Gasteiger partial charge in [-0.05, 0) is 43.9 Å². The summed E-state index contributed by atoms with van der Waals surface area (Å²) in [6.45, 7) is 4.17. The summed E-state index contributed by atoms with van der Waals surface area (Å²) in [4.78, 5) is 0. The molecule has 1 aliphatic rings. The minimum Gasteiger partial charge on any atom is -0.216 e. The standard InChI is InChI=1S/C15H16N4/c1-10-5-3-8-14(11(10)2)19-15(12-6-4-7-12)13(9-16)17-18-19/h3,5,8,12H,4,6-7H2,1-2H3. The zero-order chi connectivity index (χ0) is 13.4. The maximum atomic E-state index is 9.21. The maximum absolute atomic E-state index is 9.21. The van der Waals surface area contributed by atoms with Crippen molar-refractivity contribution >= 4 is 0 Å². The third-order valence-electron chi connectivity index (χ3n) is 4.11. The first-order valence-electron chi connectivity index (χ1n) is 6.64. The first-order valence-corrected chi connectivity index (χ1v) is 6.64. The van der Waals surface area contributed by atoms with Crippen LogP contribution >= 0.6 is 0 Å². The number of hydrogen-bond donors (Lipinski definition) is 0. The highest BCUT2D eigenvalue weighted by molar-refractivity contribution is 5.47. The van der Waals surface area contributed by atoms with Crippen molar-refractivity contribution in [3.05, 3.63) is 40.7 Å². The second-order valence-corrected chi connectivity index (χ2v) is 5.19. The van der Waals surface area contributed by atoms with Gasteiger partial charge in [0.05, 0.1) is 11.4 Å². The Labute approximate surface area is 112 Å². The third-order valence-corrected chi connectivity index (χ3v) is 4.11. The first-order chi connectivity index (χ1) is 9.22. The Bertz CT molecular complexity index is 659. The van der Waals surface area contributed by atoms with Crippen molar-refractivity contribution in [2.24, 2.45) is 0 Å². The SMILES string of the molecule is Cc1cccc(-n2nnc(C#N)c2C2CCC2)c1C. The van der Waals surface area contributed by atoms with Crippen LogP contribution in [-0.4, -0.2) is 15.0 Å². The normalized spacial score (nSPS) is 15.0. The molecule has 1 aliphatic carbocycles. The molecule has 3 rings (SSSR count). The smallest absolute Gasteiger partial charge is 0.186 e. The van der Waals surface area contributed by atoms with Crippen LogP contribution in [0.3, 0.4) is 0 Å². The molecule has 4 heteroatoms. The molecule has 19 heavy (non-hydrogen) atoms. The summed E-state index contributed by atoms with van der Waals surface area (Å²) in [6.07, 6.45) is 3.49. The molecule has 0 amide bonds. The fourth-order valence-electron chi connectivity index (χ4n) is 2.56. The van der Waals surface area contributed by atoms with E-state index in [1.165, 1.54) is 17.5 Å². The van der Waals surface area contributed by atoms with E-state index in [1.54, 1.807) is 0 Å². The molecule has 2 aromatic rings. The van der Waals surface area contributed by atoms with Crippen molar-refractivity contribution in [2.75, 3.05) is 0 Å². The predicted octanol–water partition coefficient (Wildman–Crippen LogP) is 3.02. The lowest BCUT2D eigenvalue weighted by Gasteiger charge is -2.26. The molecule has 1 saturated carbocycles. The van der Waals surface area contributed by atoms with E-state index in [2.05, 4.69) is 36.3 Å². The third kappa shape index (κ3) is 1.82. The highest BCUT2D eigenvalue weighted by Crippen LogP contribution is 2.38. The molecule has 0 saturated heterocycles. The molecule has 0 N–H and O–H groups in total. The molecule has 0 atom stereocenters. The second-order valence-electron chi connectivity index (χ2n) is 5.19. The number of rotatable bonds is 2. The number of aryl methyl sites for hydroxylation is 1. The summed E-state index contributed by atoms with van der Waals surface area (Å²) in [5, 5.41) is 17.4. The Morgan fingerprint density at radius 1 is 1.32 bits per heavy atom. The van der Waals surface area contributed by atoms with Gasteiger partial charge in [0.2, 0.25) is 0 Å². The summed E-state index contributed by atoms with van der Waals surface area (Å²) < 4.78 is 1.87. The molecule has 1 heterocycles. The second kappa shape index (κ2) is 4.51. The van der Waals surface area contributed by atoms with Gasteiger partial charge in [0.1, 0.15) is 6.07 Å². The van der Waals surface area contributed by atoms with E-state index in [9.17, 15) is 5.26 Å². The Morgan fingerprint density at radius 2 is 2.11 bits per heavy atom. The van der Waals surface area contributed by atoms with E-state index in [0.29, 0.717) is 11.6 Å². The monoisotopic (exact) mass is 252 g/mol. The Balaban J connectivity index is 2.17. The van der Waals surface area contributed by atoms with Gasteiger partial charge in [-0.1, -0.05) is 23.8 Å². The highest BCUT2D eigenvalue weighted by atomic mass is 15.4. The van der Waals surface area contributed by atoms with E-state index in [1.807, 2.05) is 16.8 Å². The van der Waals surface area contributed by atoms with E-state index >= 15 is 0 Å². The van der Waals surface area contributed by atoms with E-state index in [4.69, 9.17) is 0 Å². The minimum atomic E-state index is 0.435. The average molecular weight is 252 g/mol. The fourth-order valence-corrected chi connectivity index (χ4v) is 2.56. The zero-order valence-electron chi connectivity index (χ0n) is 11.2. The molecule has 0 aliphatic heterocycles. The van der Waals surface area contributed by atoms with Crippen LogP contribution in [0, 0.1) is 25.2 Å². The molecule has 0 spiro atoms. The molecule has 0 bridgehead atoms. The van der Waals surface area contributed by atoms with E-state index in [-0.39, 0.29) is 0 Å². The van der Waals surface area contributed by atoms with E-state index in [0.717, 1.165) is 24.2 Å². The molecule has 0 radical (unpaired) electrons. The van der Waals surface area contributed by atoms with Crippen LogP contribution in [0.5, 0.6) is 0 Å². The lowest BCUT2D eigenvalue weighted by atomic mass is 9.82. The molecule has 1 fully saturated rings. The van der Waals surface area contributed by atoms with Gasteiger partial charge in [-0.25, -0.2) is 4.68 Å². The highest BCUT2D eigenvalue weighted by Gasteiger charge is 2.28. The van der Waals surface area contributed by atoms with E-state index < -0.39 is 0 Å². The molecule has 4 nitrogen and oxygen atoms in total. The van der Waals surface area contributed by atoms with Crippen LogP contribution in [-0.2, 0) is 0 Å². The summed E-state index contributed by atoms with van der Waals surface area (Å²) in [6, 6.07) is 8.33. The number of hydrogen-bond acceptors (Lipinski definition) is 3. The lowest BCUT2D eigenvalue weighted by Crippen LogP contribution is -2.16. The van der Waals surface area contributed by atoms with Gasteiger partial charge in [0.15, 0.2) is 5.69 Å². The van der Waals surface area contributed by atoms with Crippen LogP contribution in [0.15, 0.2) is 18.2 Å². The van der Waals surface area contributed by atoms with Crippen LogP contribution in [0.2, 0.25) is 0 Å². The van der Waals surface area contributed by atoms with Gasteiger partial charge in [-0.2, -0.15) is 5.26 Å². The largest absolute Gasteiger partial charge is 0.216 e. The average Bonchev–Trinajstić information content (AvgIpc) is 2.74. The number of nitrogens with zero attached hydrogens (tertiary/aromatic N) is 4. The Kier molecular flexibility index (Phi) is 2.83. The van der Waals surface area contributed by atoms with Gasteiger partial charge in [0.25, 0.3) is 0 Å². The number of benzene rings is 1. The van der Waals surface area contributed by atoms with Crippen LogP contribution < -0.4 is 0 Å². The van der Waals surface area contributed by atoms with Crippen molar-refractivity contribution in [3.63, 3.8) is 0 Å². The van der Waals surface area contributed by atoms with Crippen molar-refractivity contribution in [1.29, 1.82) is 5.26 Å². The minimum absolute atomic E-state index is 0.435. The summed E-state index contributed by atoms with van der Waals surface area (Å²) >= 11 is 0. The molecule has 0 unspecified atom stereocenters. The Hall–Kier alpha value is -2.15. The zero-order valence-corrected chi connectivity index (χ0v) is 11.2. The van der Waals surface area contributed by atoms with Gasteiger partial charge in [-0.3, -0.25) is 0 Å². The summed E-state index contributed by atoms with van der Waals surface area (Å²) in [5.41, 5.74) is 4.92. The quantitative estimate of drug-likeness (QED) is 0.825. The predicted molar refractivity (Wildman–Crippen MR) is 72.1 cm³/mol. The summed E-state index contributed by atoms with van der Waals surface area (Å²) in [5.74, 6) is 0.435. The molecule has 96 valence electrons. The van der Waals surface area contributed by atoms with Crippen molar-refractivity contribution in [1.82, 2.24) is 15.0 Å². The van der Waals surface area contributed by atoms with Gasteiger partial charge < -0.3 is 0 Å². The number of nitriles is 1. The van der Waals surface area contributed by atoms with Crippen LogP contribution in [0.1, 0.15) is 47.7 Å². The topological polar surface area (TPSA) is 54.5 Å². The van der Waals surface area contributed by atoms with Crippen molar-refractivity contribution < 1.29 is 0 Å². The van der Waals surface area contributed by atoms with Gasteiger partial charge in [0, 0.05) is 5.92 Å². The molecule has 1 aromatic carbocycles. The molecular weight excluding hydrogens is 236 g/mol. The van der Waals surface area contributed by atoms with Gasteiger partial charge >= 0.3 is 0 Å². The first kappa shape index (κ1) is 11.9. The fraction of sp³-hybridized carbons (Fsp3) is 0.400. The summed E-state index contributed by atoms with van der Waals surface area (Å²) in [7, 11) is 0. The van der Waals surface area contributed by atoms with Crippen LogP contribution in [0.25, 0.3) is 5.69 Å². The van der Waals surface area contributed by atoms with Gasteiger partial charge in [-0.15, -0.1) is 5.10 Å². The number of aromatic nitrogens is 3.